The SMILES string of the molecule is CCc1ccccc1NC(=O)C[NH+]1CC[NH+](Cc2ccc(F)cc2)CC1. The lowest BCUT2D eigenvalue weighted by Crippen LogP contribution is -3.28. The Morgan fingerprint density at radius 3 is 2.35 bits per heavy atom. The maximum Gasteiger partial charge on any atom is 0.279 e. The fourth-order valence-electron chi connectivity index (χ4n) is 3.57. The lowest BCUT2D eigenvalue weighted by Gasteiger charge is -2.29. The number of piperazine rings is 1. The van der Waals surface area contributed by atoms with E-state index in [1.165, 1.54) is 33.1 Å². The van der Waals surface area contributed by atoms with Crippen molar-refractivity contribution in [3.8, 4) is 0 Å². The second kappa shape index (κ2) is 8.92. The topological polar surface area (TPSA) is 38.0 Å². The third kappa shape index (κ3) is 5.13. The summed E-state index contributed by atoms with van der Waals surface area (Å²) in [6.45, 7) is 7.57. The molecule has 0 aliphatic carbocycles. The van der Waals surface area contributed by atoms with Crippen LogP contribution in [0.2, 0.25) is 0 Å². The Morgan fingerprint density at radius 2 is 1.65 bits per heavy atom. The Balaban J connectivity index is 1.44. The summed E-state index contributed by atoms with van der Waals surface area (Å²) in [5, 5.41) is 3.06. The summed E-state index contributed by atoms with van der Waals surface area (Å²) in [6, 6.07) is 14.8. The standard InChI is InChI=1S/C21H26FN3O/c1-2-18-5-3-4-6-20(18)23-21(26)16-25-13-11-24(12-14-25)15-17-7-9-19(22)10-8-17/h3-10H,2,11-16H2,1H3,(H,23,26)/p+2. The van der Waals surface area contributed by atoms with E-state index in [0.29, 0.717) is 6.54 Å². The maximum atomic E-state index is 13.0. The third-order valence-corrected chi connectivity index (χ3v) is 5.11. The molecular weight excluding hydrogens is 329 g/mol. The molecule has 1 saturated heterocycles. The molecule has 1 fully saturated rings. The van der Waals surface area contributed by atoms with Gasteiger partial charge in [0, 0.05) is 11.3 Å². The summed E-state index contributed by atoms with van der Waals surface area (Å²) in [5.41, 5.74) is 3.27. The van der Waals surface area contributed by atoms with Gasteiger partial charge in [0.1, 0.15) is 38.5 Å². The number of carbonyl (C=O) groups is 1. The molecule has 0 spiro atoms. The summed E-state index contributed by atoms with van der Waals surface area (Å²) in [4.78, 5) is 15.2. The molecule has 26 heavy (non-hydrogen) atoms. The number of amides is 1. The normalized spacial score (nSPS) is 19.9. The Bertz CT molecular complexity index is 724. The molecule has 1 amide bonds. The molecule has 0 bridgehead atoms. The molecule has 1 aliphatic rings. The molecule has 3 rings (SSSR count). The zero-order valence-corrected chi connectivity index (χ0v) is 15.4. The summed E-state index contributed by atoms with van der Waals surface area (Å²) in [5.74, 6) is -0.100. The highest BCUT2D eigenvalue weighted by atomic mass is 19.1. The fraction of sp³-hybridized carbons (Fsp3) is 0.381. The van der Waals surface area contributed by atoms with Gasteiger partial charge in [-0.3, -0.25) is 4.79 Å². The lowest BCUT2D eigenvalue weighted by atomic mass is 10.1. The first-order chi connectivity index (χ1) is 12.6. The number of quaternary nitrogens is 2. The van der Waals surface area contributed by atoms with Crippen LogP contribution in [0.1, 0.15) is 18.1 Å². The molecular formula is C21H28FN3O+2. The number of anilines is 1. The number of para-hydroxylation sites is 1. The molecule has 0 unspecified atom stereocenters. The zero-order valence-electron chi connectivity index (χ0n) is 15.4. The van der Waals surface area contributed by atoms with Crippen LogP contribution >= 0.6 is 0 Å². The minimum absolute atomic E-state index is 0.0860. The van der Waals surface area contributed by atoms with Crippen molar-refractivity contribution in [2.75, 3.05) is 38.0 Å². The van der Waals surface area contributed by atoms with Gasteiger partial charge in [-0.15, -0.1) is 0 Å². The van der Waals surface area contributed by atoms with E-state index in [1.807, 2.05) is 30.3 Å². The molecule has 0 aromatic heterocycles. The van der Waals surface area contributed by atoms with E-state index in [0.717, 1.165) is 44.8 Å². The van der Waals surface area contributed by atoms with E-state index in [-0.39, 0.29) is 11.7 Å². The van der Waals surface area contributed by atoms with Gasteiger partial charge in [-0.2, -0.15) is 0 Å². The van der Waals surface area contributed by atoms with E-state index in [9.17, 15) is 9.18 Å². The Hall–Kier alpha value is -2.24. The second-order valence-corrected chi connectivity index (χ2v) is 7.04. The Morgan fingerprint density at radius 1 is 1.00 bits per heavy atom. The second-order valence-electron chi connectivity index (χ2n) is 7.04. The molecule has 2 aromatic rings. The molecule has 0 saturated carbocycles. The van der Waals surface area contributed by atoms with E-state index < -0.39 is 0 Å². The minimum Gasteiger partial charge on any atom is -0.322 e. The molecule has 0 radical (unpaired) electrons. The molecule has 4 nitrogen and oxygen atoms in total. The first kappa shape index (κ1) is 18.5. The van der Waals surface area contributed by atoms with Crippen molar-refractivity contribution in [3.05, 3.63) is 65.5 Å². The van der Waals surface area contributed by atoms with Crippen LogP contribution in [-0.4, -0.2) is 38.6 Å². The third-order valence-electron chi connectivity index (χ3n) is 5.11. The number of halogens is 1. The predicted octanol–water partition coefficient (Wildman–Crippen LogP) is 0.310. The van der Waals surface area contributed by atoms with Gasteiger partial charge < -0.3 is 15.1 Å². The van der Waals surface area contributed by atoms with Gasteiger partial charge >= 0.3 is 0 Å². The van der Waals surface area contributed by atoms with Crippen LogP contribution in [-0.2, 0) is 17.8 Å². The van der Waals surface area contributed by atoms with Crippen molar-refractivity contribution < 1.29 is 19.0 Å². The van der Waals surface area contributed by atoms with Crippen molar-refractivity contribution in [2.45, 2.75) is 19.9 Å². The van der Waals surface area contributed by atoms with Crippen LogP contribution in [0.4, 0.5) is 10.1 Å². The van der Waals surface area contributed by atoms with Crippen LogP contribution in [0.25, 0.3) is 0 Å². The number of benzene rings is 2. The van der Waals surface area contributed by atoms with Gasteiger partial charge in [0.05, 0.1) is 0 Å². The van der Waals surface area contributed by atoms with E-state index in [1.54, 1.807) is 0 Å². The van der Waals surface area contributed by atoms with Crippen molar-refractivity contribution in [2.24, 2.45) is 0 Å². The Kier molecular flexibility index (Phi) is 6.36. The molecule has 3 N–H and O–H groups in total. The number of carbonyl (C=O) groups excluding carboxylic acids is 1. The summed E-state index contributed by atoms with van der Waals surface area (Å²) < 4.78 is 13.0. The highest BCUT2D eigenvalue weighted by molar-refractivity contribution is 5.92. The largest absolute Gasteiger partial charge is 0.322 e. The summed E-state index contributed by atoms with van der Waals surface area (Å²) >= 11 is 0. The number of hydrogen-bond acceptors (Lipinski definition) is 1. The number of nitrogens with one attached hydrogen (secondary N) is 3. The van der Waals surface area contributed by atoms with Gasteiger partial charge in [-0.25, -0.2) is 4.39 Å². The highest BCUT2D eigenvalue weighted by Gasteiger charge is 2.25. The van der Waals surface area contributed by atoms with Gasteiger partial charge in [0.25, 0.3) is 5.91 Å². The monoisotopic (exact) mass is 357 g/mol. The average Bonchev–Trinajstić information content (AvgIpc) is 2.65. The highest BCUT2D eigenvalue weighted by Crippen LogP contribution is 2.14. The molecule has 1 heterocycles. The van der Waals surface area contributed by atoms with Gasteiger partial charge in [-0.05, 0) is 30.2 Å². The van der Waals surface area contributed by atoms with Crippen LogP contribution in [0, 0.1) is 5.82 Å². The quantitative estimate of drug-likeness (QED) is 0.684. The smallest absolute Gasteiger partial charge is 0.279 e. The van der Waals surface area contributed by atoms with Gasteiger partial charge in [0.2, 0.25) is 0 Å². The van der Waals surface area contributed by atoms with Crippen molar-refractivity contribution in [3.63, 3.8) is 0 Å². The minimum atomic E-state index is -0.186. The maximum absolute atomic E-state index is 13.0. The molecule has 1 aliphatic heterocycles. The van der Waals surface area contributed by atoms with Crippen LogP contribution in [0.5, 0.6) is 0 Å². The Labute approximate surface area is 154 Å². The van der Waals surface area contributed by atoms with Gasteiger partial charge in [0.15, 0.2) is 6.54 Å². The molecule has 0 atom stereocenters. The van der Waals surface area contributed by atoms with Crippen molar-refractivity contribution in [1.29, 1.82) is 0 Å². The van der Waals surface area contributed by atoms with Crippen molar-refractivity contribution >= 4 is 11.6 Å². The first-order valence-corrected chi connectivity index (χ1v) is 9.43. The molecule has 2 aromatic carbocycles. The van der Waals surface area contributed by atoms with Crippen LogP contribution in [0.15, 0.2) is 48.5 Å². The lowest BCUT2D eigenvalue weighted by molar-refractivity contribution is -1.02. The van der Waals surface area contributed by atoms with Gasteiger partial charge in [-0.1, -0.05) is 37.3 Å². The number of hydrogen-bond donors (Lipinski definition) is 3. The predicted molar refractivity (Wildman–Crippen MR) is 101 cm³/mol. The average molecular weight is 357 g/mol. The molecule has 138 valence electrons. The van der Waals surface area contributed by atoms with E-state index in [4.69, 9.17) is 0 Å². The molecule has 5 heteroatoms. The summed E-state index contributed by atoms with van der Waals surface area (Å²) in [6.07, 6.45) is 0.911. The first-order valence-electron chi connectivity index (χ1n) is 9.43. The van der Waals surface area contributed by atoms with E-state index >= 15 is 0 Å². The summed E-state index contributed by atoms with van der Waals surface area (Å²) in [7, 11) is 0. The number of rotatable bonds is 6. The van der Waals surface area contributed by atoms with E-state index in [2.05, 4.69) is 18.3 Å². The van der Waals surface area contributed by atoms with Crippen LogP contribution < -0.4 is 15.1 Å². The van der Waals surface area contributed by atoms with Crippen molar-refractivity contribution in [1.82, 2.24) is 0 Å². The number of aryl methyl sites for hydroxylation is 1. The van der Waals surface area contributed by atoms with Crippen LogP contribution in [0.3, 0.4) is 0 Å². The fourth-order valence-corrected chi connectivity index (χ4v) is 3.57. The zero-order chi connectivity index (χ0) is 18.4.